The second-order valence-electron chi connectivity index (χ2n) is 6.73. The highest BCUT2D eigenvalue weighted by Gasteiger charge is 2.16. The summed E-state index contributed by atoms with van der Waals surface area (Å²) in [6.45, 7) is 1.40. The van der Waals surface area contributed by atoms with Crippen LogP contribution >= 0.6 is 11.3 Å². The molecule has 0 aliphatic heterocycles. The van der Waals surface area contributed by atoms with E-state index in [1.54, 1.807) is 0 Å². The molecule has 3 rings (SSSR count). The van der Waals surface area contributed by atoms with Crippen molar-refractivity contribution in [3.05, 3.63) is 44.4 Å². The van der Waals surface area contributed by atoms with Gasteiger partial charge in [-0.1, -0.05) is 54.9 Å². The third kappa shape index (κ3) is 4.15. The van der Waals surface area contributed by atoms with Crippen LogP contribution in [0, 0.1) is 0 Å². The molecule has 2 N–H and O–H groups in total. The highest BCUT2D eigenvalue weighted by Crippen LogP contribution is 2.34. The largest absolute Gasteiger partial charge is 0.395 e. The molecule has 1 aliphatic rings. The van der Waals surface area contributed by atoms with Gasteiger partial charge in [0.05, 0.1) is 12.3 Å². The maximum absolute atomic E-state index is 11.8. The third-order valence-electron chi connectivity index (χ3n) is 4.89. The summed E-state index contributed by atoms with van der Waals surface area (Å²) in [4.78, 5) is 17.9. The zero-order valence-electron chi connectivity index (χ0n) is 14.3. The minimum atomic E-state index is -0.0197. The van der Waals surface area contributed by atoms with Gasteiger partial charge in [-0.15, -0.1) is 0 Å². The topological polar surface area (TPSA) is 56.3 Å². The Morgan fingerprint density at radius 1 is 1.21 bits per heavy atom. The summed E-state index contributed by atoms with van der Waals surface area (Å²) in [5.41, 5.74) is 3.42. The summed E-state index contributed by atoms with van der Waals surface area (Å²) >= 11 is 1.26. The lowest BCUT2D eigenvalue weighted by Gasteiger charge is -2.22. The highest BCUT2D eigenvalue weighted by molar-refractivity contribution is 7.09. The third-order valence-corrected chi connectivity index (χ3v) is 5.76. The average molecular weight is 346 g/mol. The molecule has 1 aliphatic carbocycles. The van der Waals surface area contributed by atoms with Crippen molar-refractivity contribution in [2.75, 3.05) is 20.2 Å². The Balaban J connectivity index is 1.79. The zero-order chi connectivity index (χ0) is 16.9. The summed E-state index contributed by atoms with van der Waals surface area (Å²) in [7, 11) is 1.95. The molecule has 1 aromatic heterocycles. The number of benzene rings is 1. The molecule has 0 bridgehead atoms. The van der Waals surface area contributed by atoms with Gasteiger partial charge in [0.1, 0.15) is 0 Å². The fourth-order valence-electron chi connectivity index (χ4n) is 3.56. The van der Waals surface area contributed by atoms with Gasteiger partial charge < -0.3 is 10.1 Å². The Labute approximate surface area is 147 Å². The van der Waals surface area contributed by atoms with E-state index in [1.807, 2.05) is 11.9 Å². The summed E-state index contributed by atoms with van der Waals surface area (Å²) in [5, 5.41) is 9.05. The van der Waals surface area contributed by atoms with Gasteiger partial charge in [-0.3, -0.25) is 9.69 Å². The normalized spacial score (nSPS) is 16.0. The van der Waals surface area contributed by atoms with E-state index in [4.69, 9.17) is 5.11 Å². The second-order valence-corrected chi connectivity index (χ2v) is 7.80. The molecule has 0 unspecified atom stereocenters. The summed E-state index contributed by atoms with van der Waals surface area (Å²) < 4.78 is 0. The lowest BCUT2D eigenvalue weighted by molar-refractivity contribution is 0.218. The van der Waals surface area contributed by atoms with Crippen LogP contribution in [0.5, 0.6) is 0 Å². The number of aliphatic hydroxyl groups is 1. The number of H-pyrrole nitrogens is 1. The number of nitrogens with zero attached hydrogens (tertiary/aromatic N) is 1. The van der Waals surface area contributed by atoms with Gasteiger partial charge in [0.25, 0.3) is 0 Å². The molecule has 0 atom stereocenters. The van der Waals surface area contributed by atoms with Gasteiger partial charge in [-0.2, -0.15) is 0 Å². The molecule has 1 saturated carbocycles. The van der Waals surface area contributed by atoms with E-state index in [9.17, 15) is 4.79 Å². The molecule has 4 nitrogen and oxygen atoms in total. The van der Waals surface area contributed by atoms with Gasteiger partial charge in [0, 0.05) is 18.0 Å². The Morgan fingerprint density at radius 2 is 1.92 bits per heavy atom. The fraction of sp³-hybridized carbons (Fsp3) is 0.526. The quantitative estimate of drug-likeness (QED) is 0.841. The van der Waals surface area contributed by atoms with Crippen LogP contribution in [0.1, 0.15) is 48.5 Å². The van der Waals surface area contributed by atoms with E-state index in [0.717, 1.165) is 16.1 Å². The number of rotatable bonds is 6. The molecule has 0 spiro atoms. The lowest BCUT2D eigenvalue weighted by Crippen LogP contribution is -2.21. The first kappa shape index (κ1) is 17.4. The van der Waals surface area contributed by atoms with Crippen molar-refractivity contribution in [1.29, 1.82) is 0 Å². The van der Waals surface area contributed by atoms with Crippen LogP contribution in [0.15, 0.2) is 29.1 Å². The second kappa shape index (κ2) is 8.10. The molecule has 1 aromatic carbocycles. The maximum Gasteiger partial charge on any atom is 0.305 e. The Morgan fingerprint density at radius 3 is 2.58 bits per heavy atom. The molecular weight excluding hydrogens is 320 g/mol. The van der Waals surface area contributed by atoms with E-state index >= 15 is 0 Å². The van der Waals surface area contributed by atoms with Crippen LogP contribution in [0.25, 0.3) is 11.3 Å². The van der Waals surface area contributed by atoms with Gasteiger partial charge in [-0.05, 0) is 36.9 Å². The van der Waals surface area contributed by atoms with Crippen molar-refractivity contribution in [2.45, 2.75) is 44.6 Å². The molecule has 24 heavy (non-hydrogen) atoms. The van der Waals surface area contributed by atoms with Crippen LogP contribution < -0.4 is 4.87 Å². The van der Waals surface area contributed by atoms with E-state index in [1.165, 1.54) is 49.0 Å². The molecule has 0 radical (unpaired) electrons. The van der Waals surface area contributed by atoms with Crippen molar-refractivity contribution in [2.24, 2.45) is 0 Å². The van der Waals surface area contributed by atoms with Gasteiger partial charge >= 0.3 is 4.87 Å². The molecular formula is C19H26N2O2S. The maximum atomic E-state index is 11.8. The molecule has 5 heteroatoms. The smallest absolute Gasteiger partial charge is 0.305 e. The molecule has 0 amide bonds. The summed E-state index contributed by atoms with van der Waals surface area (Å²) in [6, 6.07) is 8.72. The molecule has 2 aromatic rings. The molecule has 0 saturated heterocycles. The van der Waals surface area contributed by atoms with Crippen molar-refractivity contribution in [3.8, 4) is 11.3 Å². The zero-order valence-corrected chi connectivity index (χ0v) is 15.1. The number of hydrogen-bond donors (Lipinski definition) is 2. The number of thiazole rings is 1. The van der Waals surface area contributed by atoms with Crippen LogP contribution in [-0.4, -0.2) is 35.2 Å². The summed E-state index contributed by atoms with van der Waals surface area (Å²) in [6.07, 6.45) is 6.64. The number of nitrogens with one attached hydrogen (secondary N) is 1. The van der Waals surface area contributed by atoms with Crippen molar-refractivity contribution in [1.82, 2.24) is 9.88 Å². The Hall–Kier alpha value is -1.43. The van der Waals surface area contributed by atoms with Crippen molar-refractivity contribution < 1.29 is 5.11 Å². The SMILES string of the molecule is CN(CCO)Cc1sc(=O)[nH]c1-c1ccc(C2CCCCC2)cc1. The van der Waals surface area contributed by atoms with Crippen molar-refractivity contribution in [3.63, 3.8) is 0 Å². The number of aromatic nitrogens is 1. The summed E-state index contributed by atoms with van der Waals surface area (Å²) in [5.74, 6) is 0.699. The van der Waals surface area contributed by atoms with E-state index in [0.29, 0.717) is 19.0 Å². The van der Waals surface area contributed by atoms with Crippen LogP contribution in [0.3, 0.4) is 0 Å². The highest BCUT2D eigenvalue weighted by atomic mass is 32.1. The Bertz CT molecular complexity index is 699. The van der Waals surface area contributed by atoms with Crippen LogP contribution in [-0.2, 0) is 6.54 Å². The number of aromatic amines is 1. The average Bonchev–Trinajstić information content (AvgIpc) is 2.96. The fourth-order valence-corrected chi connectivity index (χ4v) is 4.49. The number of hydrogen-bond acceptors (Lipinski definition) is 4. The van der Waals surface area contributed by atoms with Crippen LogP contribution in [0.4, 0.5) is 0 Å². The van der Waals surface area contributed by atoms with E-state index in [-0.39, 0.29) is 11.5 Å². The standard InChI is InChI=1S/C19H26N2O2S/c1-21(11-12-22)13-17-18(20-19(23)24-17)16-9-7-15(8-10-16)14-5-3-2-4-6-14/h7-10,14,22H,2-6,11-13H2,1H3,(H,20,23). The first-order valence-electron chi connectivity index (χ1n) is 8.79. The predicted molar refractivity (Wildman–Crippen MR) is 99.6 cm³/mol. The Kier molecular flexibility index (Phi) is 5.87. The van der Waals surface area contributed by atoms with Gasteiger partial charge in [0.15, 0.2) is 0 Å². The minimum absolute atomic E-state index is 0.0197. The van der Waals surface area contributed by atoms with Crippen LogP contribution in [0.2, 0.25) is 0 Å². The first-order valence-corrected chi connectivity index (χ1v) is 9.60. The minimum Gasteiger partial charge on any atom is -0.395 e. The van der Waals surface area contributed by atoms with E-state index < -0.39 is 0 Å². The van der Waals surface area contributed by atoms with E-state index in [2.05, 4.69) is 29.2 Å². The molecule has 1 fully saturated rings. The van der Waals surface area contributed by atoms with Crippen molar-refractivity contribution >= 4 is 11.3 Å². The predicted octanol–water partition coefficient (Wildman–Crippen LogP) is 3.58. The lowest BCUT2D eigenvalue weighted by atomic mass is 9.84. The monoisotopic (exact) mass is 346 g/mol. The number of aliphatic hydroxyl groups excluding tert-OH is 1. The van der Waals surface area contributed by atoms with Gasteiger partial charge in [0.2, 0.25) is 0 Å². The first-order chi connectivity index (χ1) is 11.7. The van der Waals surface area contributed by atoms with Gasteiger partial charge in [-0.25, -0.2) is 0 Å². The number of likely N-dealkylation sites (N-methyl/N-ethyl adjacent to an activating group) is 1. The molecule has 130 valence electrons. The molecule has 1 heterocycles.